The van der Waals surface area contributed by atoms with Gasteiger partial charge in [0.2, 0.25) is 0 Å². The summed E-state index contributed by atoms with van der Waals surface area (Å²) in [6.07, 6.45) is 3.27. The van der Waals surface area contributed by atoms with Gasteiger partial charge in [0.25, 0.3) is 5.91 Å². The molecule has 1 unspecified atom stereocenters. The Morgan fingerprint density at radius 2 is 1.94 bits per heavy atom. The largest absolute Gasteiger partial charge is 0.493 e. The first-order valence-corrected chi connectivity index (χ1v) is 12.9. The first kappa shape index (κ1) is 25.9. The number of hydroxylamine groups is 2. The quantitative estimate of drug-likeness (QED) is 0.447. The van der Waals surface area contributed by atoms with Crippen molar-refractivity contribution >= 4 is 11.9 Å². The molecule has 2 saturated heterocycles. The highest BCUT2D eigenvalue weighted by Gasteiger charge is 2.47. The first-order chi connectivity index (χ1) is 17.0. The van der Waals surface area contributed by atoms with Crippen LogP contribution < -0.4 is 4.74 Å². The van der Waals surface area contributed by atoms with Crippen molar-refractivity contribution in [2.24, 2.45) is 5.92 Å². The Kier molecular flexibility index (Phi) is 8.99. The van der Waals surface area contributed by atoms with E-state index in [1.807, 2.05) is 30.9 Å². The lowest BCUT2D eigenvalue weighted by molar-refractivity contribution is -0.188. The van der Waals surface area contributed by atoms with E-state index in [2.05, 4.69) is 6.07 Å². The summed E-state index contributed by atoms with van der Waals surface area (Å²) in [7, 11) is 0. The summed E-state index contributed by atoms with van der Waals surface area (Å²) in [4.78, 5) is 33.6. The van der Waals surface area contributed by atoms with E-state index in [0.29, 0.717) is 52.4 Å². The number of aliphatic carboxylic acids is 1. The van der Waals surface area contributed by atoms with Gasteiger partial charge in [-0.2, -0.15) is 0 Å². The number of carbonyl (C=O) groups is 2. The van der Waals surface area contributed by atoms with Crippen molar-refractivity contribution in [1.82, 2.24) is 9.96 Å². The van der Waals surface area contributed by atoms with E-state index in [-0.39, 0.29) is 30.7 Å². The molecular formula is C26H38N2O7. The summed E-state index contributed by atoms with van der Waals surface area (Å²) in [5.41, 5.74) is 2.11. The zero-order valence-corrected chi connectivity index (χ0v) is 20.8. The van der Waals surface area contributed by atoms with Crippen molar-refractivity contribution in [2.45, 2.75) is 64.2 Å². The topological polar surface area (TPSA) is 97.8 Å². The van der Waals surface area contributed by atoms with Gasteiger partial charge in [-0.3, -0.25) is 19.3 Å². The van der Waals surface area contributed by atoms with E-state index >= 15 is 0 Å². The molecule has 9 nitrogen and oxygen atoms in total. The standard InChI is InChI=1S/C26H38N2O7/c1-3-10-28(35-11-4-2)23(29)17-27-16-20(18-5-7-22-19(15-18)9-12-32-22)25(26(30)31)21(27)6-8-24-33-13-14-34-24/h5,7,15,20-21,24-25H,3-4,6,8-14,16-17H2,1-2H3,(H,30,31)/t20-,21+,25?/m1/s1. The Hall–Kier alpha value is -2.20. The third-order valence-corrected chi connectivity index (χ3v) is 7.06. The number of carbonyl (C=O) groups excluding carboxylic acids is 1. The summed E-state index contributed by atoms with van der Waals surface area (Å²) in [5.74, 6) is -0.960. The van der Waals surface area contributed by atoms with Crippen LogP contribution in [-0.4, -0.2) is 85.3 Å². The first-order valence-electron chi connectivity index (χ1n) is 12.9. The van der Waals surface area contributed by atoms with Crippen molar-refractivity contribution in [3.05, 3.63) is 29.3 Å². The van der Waals surface area contributed by atoms with Gasteiger partial charge >= 0.3 is 5.97 Å². The van der Waals surface area contributed by atoms with Crippen LogP contribution in [0.1, 0.15) is 56.6 Å². The summed E-state index contributed by atoms with van der Waals surface area (Å²) in [6, 6.07) is 5.70. The van der Waals surface area contributed by atoms with E-state index in [0.717, 1.165) is 36.1 Å². The molecule has 1 N–H and O–H groups in total. The van der Waals surface area contributed by atoms with Gasteiger partial charge in [0.1, 0.15) is 5.75 Å². The molecule has 3 atom stereocenters. The number of hydrogen-bond acceptors (Lipinski definition) is 7. The molecule has 9 heteroatoms. The summed E-state index contributed by atoms with van der Waals surface area (Å²) in [5, 5.41) is 11.8. The van der Waals surface area contributed by atoms with Crippen molar-refractivity contribution in [1.29, 1.82) is 0 Å². The van der Waals surface area contributed by atoms with E-state index in [1.165, 1.54) is 5.06 Å². The Labute approximate surface area is 207 Å². The van der Waals surface area contributed by atoms with Crippen molar-refractivity contribution in [3.8, 4) is 5.75 Å². The number of carboxylic acid groups (broad SMARTS) is 1. The summed E-state index contributed by atoms with van der Waals surface area (Å²) >= 11 is 0. The zero-order chi connectivity index (χ0) is 24.8. The molecule has 0 radical (unpaired) electrons. The predicted molar refractivity (Wildman–Crippen MR) is 128 cm³/mol. The van der Waals surface area contributed by atoms with Crippen LogP contribution in [0, 0.1) is 5.92 Å². The lowest BCUT2D eigenvalue weighted by Crippen LogP contribution is -2.44. The second-order valence-corrected chi connectivity index (χ2v) is 9.51. The minimum Gasteiger partial charge on any atom is -0.493 e. The molecule has 0 bridgehead atoms. The molecule has 2 fully saturated rings. The van der Waals surface area contributed by atoms with E-state index in [1.54, 1.807) is 0 Å². The number of carboxylic acids is 1. The lowest BCUT2D eigenvalue weighted by Gasteiger charge is -2.29. The highest BCUT2D eigenvalue weighted by molar-refractivity contribution is 5.78. The molecule has 1 amide bonds. The monoisotopic (exact) mass is 490 g/mol. The summed E-state index contributed by atoms with van der Waals surface area (Å²) < 4.78 is 16.9. The SMILES string of the molecule is CCCON(CCC)C(=O)CN1C[C@H](c2ccc3c(c2)CCO3)C(C(=O)O)[C@@H]1CCC1OCCO1. The minimum absolute atomic E-state index is 0.120. The Balaban J connectivity index is 1.56. The van der Waals surface area contributed by atoms with Gasteiger partial charge in [-0.15, -0.1) is 0 Å². The predicted octanol–water partition coefficient (Wildman–Crippen LogP) is 2.82. The van der Waals surface area contributed by atoms with Crippen molar-refractivity contribution in [2.75, 3.05) is 46.1 Å². The highest BCUT2D eigenvalue weighted by Crippen LogP contribution is 2.41. The van der Waals surface area contributed by atoms with E-state index < -0.39 is 11.9 Å². The lowest BCUT2D eigenvalue weighted by atomic mass is 9.83. The molecule has 1 aromatic rings. The molecule has 1 aromatic carbocycles. The number of nitrogens with zero attached hydrogens (tertiary/aromatic N) is 2. The molecule has 194 valence electrons. The van der Waals surface area contributed by atoms with Gasteiger partial charge in [-0.05, 0) is 42.9 Å². The summed E-state index contributed by atoms with van der Waals surface area (Å²) in [6.45, 7) is 7.37. The number of likely N-dealkylation sites (tertiary alicyclic amines) is 1. The van der Waals surface area contributed by atoms with Gasteiger partial charge in [-0.1, -0.05) is 26.0 Å². The van der Waals surface area contributed by atoms with Gasteiger partial charge in [0, 0.05) is 31.5 Å². The van der Waals surface area contributed by atoms with Crippen LogP contribution in [0.4, 0.5) is 0 Å². The van der Waals surface area contributed by atoms with Gasteiger partial charge in [0.15, 0.2) is 6.29 Å². The molecular weight excluding hydrogens is 452 g/mol. The maximum Gasteiger partial charge on any atom is 0.308 e. The highest BCUT2D eigenvalue weighted by atomic mass is 16.7. The van der Waals surface area contributed by atoms with Crippen LogP contribution in [0.2, 0.25) is 0 Å². The second kappa shape index (κ2) is 12.2. The maximum absolute atomic E-state index is 13.2. The van der Waals surface area contributed by atoms with Gasteiger partial charge in [-0.25, -0.2) is 5.06 Å². The molecule has 0 aromatic heterocycles. The Morgan fingerprint density at radius 3 is 2.66 bits per heavy atom. The molecule has 0 aliphatic carbocycles. The molecule has 35 heavy (non-hydrogen) atoms. The van der Waals surface area contributed by atoms with E-state index in [9.17, 15) is 14.7 Å². The van der Waals surface area contributed by atoms with Crippen LogP contribution in [0.15, 0.2) is 18.2 Å². The van der Waals surface area contributed by atoms with Crippen LogP contribution in [-0.2, 0) is 30.3 Å². The smallest absolute Gasteiger partial charge is 0.308 e. The van der Waals surface area contributed by atoms with Gasteiger partial charge < -0.3 is 19.3 Å². The Morgan fingerprint density at radius 1 is 1.14 bits per heavy atom. The van der Waals surface area contributed by atoms with Crippen molar-refractivity contribution < 1.29 is 33.7 Å². The number of fused-ring (bicyclic) bond motifs is 1. The van der Waals surface area contributed by atoms with Crippen LogP contribution in [0.5, 0.6) is 5.75 Å². The van der Waals surface area contributed by atoms with Crippen LogP contribution in [0.3, 0.4) is 0 Å². The maximum atomic E-state index is 13.2. The third-order valence-electron chi connectivity index (χ3n) is 7.06. The fourth-order valence-corrected chi connectivity index (χ4v) is 5.43. The average molecular weight is 491 g/mol. The molecule has 4 rings (SSSR count). The molecule has 3 aliphatic rings. The van der Waals surface area contributed by atoms with Crippen LogP contribution in [0.25, 0.3) is 0 Å². The third kappa shape index (κ3) is 6.14. The molecule has 0 spiro atoms. The molecule has 3 aliphatic heterocycles. The van der Waals surface area contributed by atoms with Crippen LogP contribution >= 0.6 is 0 Å². The number of amides is 1. The average Bonchev–Trinajstić information content (AvgIpc) is 3.59. The molecule has 0 saturated carbocycles. The Bertz CT molecular complexity index is 873. The second-order valence-electron chi connectivity index (χ2n) is 9.51. The van der Waals surface area contributed by atoms with E-state index in [4.69, 9.17) is 19.0 Å². The van der Waals surface area contributed by atoms with Crippen molar-refractivity contribution in [3.63, 3.8) is 0 Å². The normalized spacial score (nSPS) is 24.5. The number of hydrogen-bond donors (Lipinski definition) is 1. The fraction of sp³-hybridized carbons (Fsp3) is 0.692. The molecule has 3 heterocycles. The minimum atomic E-state index is -0.840. The fourth-order valence-electron chi connectivity index (χ4n) is 5.43. The zero-order valence-electron chi connectivity index (χ0n) is 20.8. The number of ether oxygens (including phenoxy) is 3. The number of benzene rings is 1. The number of rotatable bonds is 12. The van der Waals surface area contributed by atoms with Gasteiger partial charge in [0.05, 0.1) is 38.9 Å².